The topological polar surface area (TPSA) is 91.0 Å². The van der Waals surface area contributed by atoms with Gasteiger partial charge >= 0.3 is 0 Å². The average Bonchev–Trinajstić information content (AvgIpc) is 3.36. The first kappa shape index (κ1) is 20.5. The Morgan fingerprint density at radius 1 is 1.23 bits per heavy atom. The number of carbonyl (C=O) groups excluding carboxylic acids is 1. The second-order valence-corrected chi connectivity index (χ2v) is 7.91. The number of hydrogen-bond donors (Lipinski definition) is 1. The van der Waals surface area contributed by atoms with E-state index in [0.717, 1.165) is 11.3 Å². The first-order valence-electron chi connectivity index (χ1n) is 9.62. The molecule has 0 aliphatic rings. The third kappa shape index (κ3) is 4.72. The molecule has 9 heteroatoms. The molecule has 0 saturated heterocycles. The van der Waals surface area contributed by atoms with Crippen molar-refractivity contribution < 1.29 is 9.53 Å². The second-order valence-electron chi connectivity index (χ2n) is 6.93. The van der Waals surface area contributed by atoms with E-state index in [1.807, 2.05) is 41.9 Å². The van der Waals surface area contributed by atoms with E-state index in [4.69, 9.17) is 4.74 Å². The molecule has 0 radical (unpaired) electrons. The lowest BCUT2D eigenvalue weighted by molar-refractivity contribution is 0.0953. The molecular formula is C22H21N5O3S. The number of rotatable bonds is 7. The number of imidazole rings is 1. The normalized spacial score (nSPS) is 10.8. The molecule has 8 nitrogen and oxygen atoms in total. The van der Waals surface area contributed by atoms with Gasteiger partial charge in [0.15, 0.2) is 5.13 Å². The average molecular weight is 436 g/mol. The molecule has 0 fully saturated rings. The van der Waals surface area contributed by atoms with Crippen molar-refractivity contribution in [1.82, 2.24) is 24.4 Å². The van der Waals surface area contributed by atoms with Crippen LogP contribution in [-0.2, 0) is 20.2 Å². The third-order valence-corrected chi connectivity index (χ3v) is 5.84. The van der Waals surface area contributed by atoms with Gasteiger partial charge < -0.3 is 14.6 Å². The minimum Gasteiger partial charge on any atom is -0.489 e. The summed E-state index contributed by atoms with van der Waals surface area (Å²) in [5, 5.41) is 3.30. The molecule has 1 N–H and O–H groups in total. The van der Waals surface area contributed by atoms with Crippen LogP contribution in [-0.4, -0.2) is 25.0 Å². The van der Waals surface area contributed by atoms with Crippen LogP contribution in [0.3, 0.4) is 0 Å². The van der Waals surface area contributed by atoms with E-state index in [1.54, 1.807) is 31.7 Å². The van der Waals surface area contributed by atoms with Gasteiger partial charge in [-0.25, -0.2) is 9.97 Å². The van der Waals surface area contributed by atoms with Gasteiger partial charge in [0.1, 0.15) is 17.2 Å². The van der Waals surface area contributed by atoms with E-state index in [2.05, 4.69) is 15.3 Å². The molecule has 0 aliphatic heterocycles. The van der Waals surface area contributed by atoms with E-state index in [-0.39, 0.29) is 11.5 Å². The van der Waals surface area contributed by atoms with Crippen molar-refractivity contribution in [3.63, 3.8) is 0 Å². The molecule has 31 heavy (non-hydrogen) atoms. The molecule has 3 aromatic heterocycles. The molecule has 158 valence electrons. The van der Waals surface area contributed by atoms with Gasteiger partial charge in [0.05, 0.1) is 24.3 Å². The summed E-state index contributed by atoms with van der Waals surface area (Å²) >= 11 is 1.17. The van der Waals surface area contributed by atoms with Crippen LogP contribution in [0.4, 0.5) is 0 Å². The monoisotopic (exact) mass is 435 g/mol. The molecule has 0 atom stereocenters. The van der Waals surface area contributed by atoms with Crippen LogP contribution in [0, 0.1) is 6.92 Å². The Bertz CT molecular complexity index is 1260. The third-order valence-electron chi connectivity index (χ3n) is 4.68. The van der Waals surface area contributed by atoms with Crippen molar-refractivity contribution in [1.29, 1.82) is 0 Å². The fraction of sp³-hybridized carbons (Fsp3) is 0.182. The van der Waals surface area contributed by atoms with Gasteiger partial charge in [-0.15, -0.1) is 0 Å². The fourth-order valence-electron chi connectivity index (χ4n) is 2.95. The molecule has 0 aliphatic carbocycles. The van der Waals surface area contributed by atoms with E-state index in [0.29, 0.717) is 34.6 Å². The van der Waals surface area contributed by atoms with Crippen molar-refractivity contribution >= 4 is 17.2 Å². The van der Waals surface area contributed by atoms with Gasteiger partial charge in [-0.3, -0.25) is 14.2 Å². The Morgan fingerprint density at radius 2 is 2.03 bits per heavy atom. The Labute approximate surface area is 182 Å². The van der Waals surface area contributed by atoms with Crippen molar-refractivity contribution in [3.05, 3.63) is 93.4 Å². The highest BCUT2D eigenvalue weighted by molar-refractivity contribution is 7.16. The molecule has 1 amide bonds. The number of aryl methyl sites for hydroxylation is 2. The number of amides is 1. The first-order chi connectivity index (χ1) is 15.0. The molecule has 0 saturated carbocycles. The number of aromatic nitrogens is 4. The number of nitrogens with zero attached hydrogens (tertiary/aromatic N) is 4. The zero-order chi connectivity index (χ0) is 21.8. The summed E-state index contributed by atoms with van der Waals surface area (Å²) in [6.45, 7) is 2.48. The van der Waals surface area contributed by atoms with Gasteiger partial charge in [-0.1, -0.05) is 41.7 Å². The van der Waals surface area contributed by atoms with E-state index in [9.17, 15) is 9.59 Å². The lowest BCUT2D eigenvalue weighted by atomic mass is 10.2. The summed E-state index contributed by atoms with van der Waals surface area (Å²) in [6, 6.07) is 12.9. The lowest BCUT2D eigenvalue weighted by Crippen LogP contribution is -2.23. The van der Waals surface area contributed by atoms with E-state index < -0.39 is 0 Å². The van der Waals surface area contributed by atoms with Crippen LogP contribution in [0.5, 0.6) is 5.75 Å². The van der Waals surface area contributed by atoms with Crippen molar-refractivity contribution in [2.45, 2.75) is 20.1 Å². The number of hydrogen-bond acceptors (Lipinski definition) is 6. The Hall–Kier alpha value is -3.72. The van der Waals surface area contributed by atoms with Crippen LogP contribution < -0.4 is 15.6 Å². The van der Waals surface area contributed by atoms with Gasteiger partial charge in [0.25, 0.3) is 11.5 Å². The SMILES string of the molecule is Cc1nc(-n2ccc(OCc3ccccc3)cc2=O)sc1C(=O)NCc1cncn1C. The lowest BCUT2D eigenvalue weighted by Gasteiger charge is -2.07. The minimum atomic E-state index is -0.277. The predicted octanol–water partition coefficient (Wildman–Crippen LogP) is 2.84. The molecule has 1 aromatic carbocycles. The number of nitrogens with one attached hydrogen (secondary N) is 1. The van der Waals surface area contributed by atoms with E-state index in [1.165, 1.54) is 22.0 Å². The second kappa shape index (κ2) is 8.97. The van der Waals surface area contributed by atoms with Crippen LogP contribution in [0.25, 0.3) is 5.13 Å². The first-order valence-corrected chi connectivity index (χ1v) is 10.4. The zero-order valence-electron chi connectivity index (χ0n) is 17.1. The zero-order valence-corrected chi connectivity index (χ0v) is 17.9. The maximum Gasteiger partial charge on any atom is 0.263 e. The number of ether oxygens (including phenoxy) is 1. The van der Waals surface area contributed by atoms with Crippen LogP contribution in [0.15, 0.2) is 66.0 Å². The van der Waals surface area contributed by atoms with Gasteiger partial charge in [-0.05, 0) is 18.6 Å². The van der Waals surface area contributed by atoms with Crippen LogP contribution in [0.1, 0.15) is 26.6 Å². The molecule has 3 heterocycles. The van der Waals surface area contributed by atoms with E-state index >= 15 is 0 Å². The molecule has 4 aromatic rings. The molecule has 4 rings (SSSR count). The summed E-state index contributed by atoms with van der Waals surface area (Å²) in [7, 11) is 1.87. The Balaban J connectivity index is 1.46. The highest BCUT2D eigenvalue weighted by atomic mass is 32.1. The maximum atomic E-state index is 12.6. The molecule has 0 unspecified atom stereocenters. The fourth-order valence-corrected chi connectivity index (χ4v) is 3.92. The maximum absolute atomic E-state index is 12.6. The predicted molar refractivity (Wildman–Crippen MR) is 118 cm³/mol. The standard InChI is InChI=1S/C22H21N5O3S/c1-15-20(21(29)24-12-17-11-23-14-26(17)2)31-22(25-15)27-9-8-18(10-19(27)28)30-13-16-6-4-3-5-7-16/h3-11,14H,12-13H2,1-2H3,(H,24,29). The Morgan fingerprint density at radius 3 is 2.74 bits per heavy atom. The summed E-state index contributed by atoms with van der Waals surface area (Å²) in [6.07, 6.45) is 4.99. The van der Waals surface area contributed by atoms with Gasteiger partial charge in [0, 0.05) is 25.5 Å². The Kier molecular flexibility index (Phi) is 5.94. The van der Waals surface area contributed by atoms with Crippen molar-refractivity contribution in [2.24, 2.45) is 7.05 Å². The van der Waals surface area contributed by atoms with Crippen molar-refractivity contribution in [3.8, 4) is 10.9 Å². The quantitative estimate of drug-likeness (QED) is 0.482. The van der Waals surface area contributed by atoms with Crippen LogP contribution in [0.2, 0.25) is 0 Å². The van der Waals surface area contributed by atoms with Gasteiger partial charge in [-0.2, -0.15) is 0 Å². The smallest absolute Gasteiger partial charge is 0.263 e. The van der Waals surface area contributed by atoms with Crippen molar-refractivity contribution in [2.75, 3.05) is 0 Å². The van der Waals surface area contributed by atoms with Gasteiger partial charge in [0.2, 0.25) is 0 Å². The summed E-state index contributed by atoms with van der Waals surface area (Å²) in [4.78, 5) is 34.1. The molecular weight excluding hydrogens is 414 g/mol. The number of pyridine rings is 1. The summed E-state index contributed by atoms with van der Waals surface area (Å²) in [5.74, 6) is 0.242. The largest absolute Gasteiger partial charge is 0.489 e. The highest BCUT2D eigenvalue weighted by Crippen LogP contribution is 2.21. The molecule has 0 spiro atoms. The minimum absolute atomic E-state index is 0.238. The molecule has 0 bridgehead atoms. The summed E-state index contributed by atoms with van der Waals surface area (Å²) in [5.41, 5.74) is 2.20. The van der Waals surface area contributed by atoms with Crippen LogP contribution >= 0.6 is 11.3 Å². The highest BCUT2D eigenvalue weighted by Gasteiger charge is 2.17. The summed E-state index contributed by atoms with van der Waals surface area (Å²) < 4.78 is 8.95. The number of carbonyl (C=O) groups is 1. The number of benzene rings is 1. The number of thiazole rings is 1.